The minimum atomic E-state index is 0.216. The SMILES string of the molecule is O=C1CCC2=C(CCC3=C2CCCC3)N1. The van der Waals surface area contributed by atoms with E-state index in [9.17, 15) is 4.79 Å². The van der Waals surface area contributed by atoms with Gasteiger partial charge in [0.2, 0.25) is 5.91 Å². The van der Waals surface area contributed by atoms with Gasteiger partial charge in [0.15, 0.2) is 0 Å². The molecule has 0 atom stereocenters. The van der Waals surface area contributed by atoms with E-state index in [1.54, 1.807) is 11.1 Å². The van der Waals surface area contributed by atoms with Crippen LogP contribution in [0.3, 0.4) is 0 Å². The molecule has 2 heteroatoms. The van der Waals surface area contributed by atoms with Gasteiger partial charge < -0.3 is 5.32 Å². The predicted molar refractivity (Wildman–Crippen MR) is 59.1 cm³/mol. The van der Waals surface area contributed by atoms with Crippen molar-refractivity contribution in [3.8, 4) is 0 Å². The molecule has 3 aliphatic rings. The second-order valence-corrected chi connectivity index (χ2v) is 4.79. The summed E-state index contributed by atoms with van der Waals surface area (Å²) >= 11 is 0. The first kappa shape index (κ1) is 9.20. The van der Waals surface area contributed by atoms with Crippen LogP contribution in [0, 0.1) is 0 Å². The summed E-state index contributed by atoms with van der Waals surface area (Å²) in [6, 6.07) is 0. The lowest BCUT2D eigenvalue weighted by molar-refractivity contribution is -0.120. The smallest absolute Gasteiger partial charge is 0.224 e. The van der Waals surface area contributed by atoms with Gasteiger partial charge in [-0.15, -0.1) is 0 Å². The van der Waals surface area contributed by atoms with Crippen molar-refractivity contribution in [2.24, 2.45) is 0 Å². The van der Waals surface area contributed by atoms with E-state index in [0.717, 1.165) is 12.8 Å². The number of fused-ring (bicyclic) bond motifs is 1. The molecule has 2 nitrogen and oxygen atoms in total. The van der Waals surface area contributed by atoms with E-state index in [-0.39, 0.29) is 5.91 Å². The molecular formula is C13H17NO. The van der Waals surface area contributed by atoms with Crippen LogP contribution in [0.25, 0.3) is 0 Å². The summed E-state index contributed by atoms with van der Waals surface area (Å²) in [4.78, 5) is 11.3. The van der Waals surface area contributed by atoms with Crippen LogP contribution >= 0.6 is 0 Å². The van der Waals surface area contributed by atoms with E-state index in [0.29, 0.717) is 6.42 Å². The molecule has 1 heterocycles. The van der Waals surface area contributed by atoms with Crippen LogP contribution in [-0.4, -0.2) is 5.91 Å². The van der Waals surface area contributed by atoms with Crippen molar-refractivity contribution >= 4 is 5.91 Å². The minimum Gasteiger partial charge on any atom is -0.329 e. The topological polar surface area (TPSA) is 29.1 Å². The van der Waals surface area contributed by atoms with Gasteiger partial charge in [-0.05, 0) is 56.1 Å². The first-order valence-corrected chi connectivity index (χ1v) is 6.08. The molecule has 3 rings (SSSR count). The van der Waals surface area contributed by atoms with Crippen molar-refractivity contribution in [3.05, 3.63) is 22.4 Å². The maximum Gasteiger partial charge on any atom is 0.224 e. The first-order valence-electron chi connectivity index (χ1n) is 6.08. The lowest BCUT2D eigenvalue weighted by atomic mass is 9.78. The van der Waals surface area contributed by atoms with Crippen molar-refractivity contribution in [1.82, 2.24) is 5.32 Å². The quantitative estimate of drug-likeness (QED) is 0.644. The van der Waals surface area contributed by atoms with Gasteiger partial charge in [0, 0.05) is 12.1 Å². The standard InChI is InChI=1S/C13H17NO/c15-13-8-6-11-10-4-2-1-3-9(10)5-7-12(11)14-13/h1-8H2,(H,14,15). The zero-order valence-corrected chi connectivity index (χ0v) is 9.07. The molecular weight excluding hydrogens is 186 g/mol. The third-order valence-corrected chi connectivity index (χ3v) is 3.88. The number of nitrogens with one attached hydrogen (secondary N) is 1. The van der Waals surface area contributed by atoms with Crippen LogP contribution in [0.5, 0.6) is 0 Å². The zero-order valence-electron chi connectivity index (χ0n) is 9.07. The van der Waals surface area contributed by atoms with E-state index < -0.39 is 0 Å². The van der Waals surface area contributed by atoms with Crippen molar-refractivity contribution in [2.75, 3.05) is 0 Å². The van der Waals surface area contributed by atoms with Gasteiger partial charge in [-0.1, -0.05) is 5.57 Å². The largest absolute Gasteiger partial charge is 0.329 e. The average Bonchev–Trinajstić information content (AvgIpc) is 2.28. The fourth-order valence-corrected chi connectivity index (χ4v) is 3.13. The summed E-state index contributed by atoms with van der Waals surface area (Å²) in [7, 11) is 0. The number of rotatable bonds is 0. The lowest BCUT2D eigenvalue weighted by Crippen LogP contribution is -2.30. The Balaban J connectivity index is 1.98. The molecule has 0 aromatic heterocycles. The van der Waals surface area contributed by atoms with Crippen molar-refractivity contribution in [1.29, 1.82) is 0 Å². The fourth-order valence-electron chi connectivity index (χ4n) is 3.13. The van der Waals surface area contributed by atoms with E-state index in [1.807, 2.05) is 0 Å². The molecule has 80 valence electrons. The second kappa shape index (κ2) is 3.51. The van der Waals surface area contributed by atoms with Gasteiger partial charge >= 0.3 is 0 Å². The van der Waals surface area contributed by atoms with Crippen LogP contribution < -0.4 is 5.32 Å². The van der Waals surface area contributed by atoms with Crippen molar-refractivity contribution in [2.45, 2.75) is 51.4 Å². The molecule has 1 N–H and O–H groups in total. The Morgan fingerprint density at radius 3 is 2.60 bits per heavy atom. The van der Waals surface area contributed by atoms with E-state index in [4.69, 9.17) is 0 Å². The first-order chi connectivity index (χ1) is 7.34. The minimum absolute atomic E-state index is 0.216. The van der Waals surface area contributed by atoms with Gasteiger partial charge in [-0.25, -0.2) is 0 Å². The molecule has 0 bridgehead atoms. The number of allylic oxidation sites excluding steroid dienone is 4. The molecule has 1 amide bonds. The Labute approximate surface area is 90.4 Å². The predicted octanol–water partition coefficient (Wildman–Crippen LogP) is 2.81. The molecule has 0 radical (unpaired) electrons. The Bertz CT molecular complexity index is 376. The molecule has 0 aromatic carbocycles. The summed E-state index contributed by atoms with van der Waals surface area (Å²) < 4.78 is 0. The molecule has 0 spiro atoms. The molecule has 0 saturated heterocycles. The summed E-state index contributed by atoms with van der Waals surface area (Å²) in [6.45, 7) is 0. The van der Waals surface area contributed by atoms with Gasteiger partial charge in [-0.3, -0.25) is 4.79 Å². The highest BCUT2D eigenvalue weighted by molar-refractivity contribution is 5.80. The normalized spacial score (nSPS) is 26.0. The average molecular weight is 203 g/mol. The van der Waals surface area contributed by atoms with Crippen LogP contribution in [-0.2, 0) is 4.79 Å². The van der Waals surface area contributed by atoms with Crippen LogP contribution in [0.15, 0.2) is 22.4 Å². The highest BCUT2D eigenvalue weighted by atomic mass is 16.1. The second-order valence-electron chi connectivity index (χ2n) is 4.79. The monoisotopic (exact) mass is 203 g/mol. The Kier molecular flexibility index (Phi) is 2.15. The van der Waals surface area contributed by atoms with Crippen molar-refractivity contribution < 1.29 is 4.79 Å². The fraction of sp³-hybridized carbons (Fsp3) is 0.615. The maximum atomic E-state index is 11.3. The summed E-state index contributed by atoms with van der Waals surface area (Å²) in [5, 5.41) is 3.06. The molecule has 0 saturated carbocycles. The van der Waals surface area contributed by atoms with E-state index in [1.165, 1.54) is 43.4 Å². The van der Waals surface area contributed by atoms with Crippen LogP contribution in [0.4, 0.5) is 0 Å². The lowest BCUT2D eigenvalue weighted by Gasteiger charge is -2.32. The zero-order chi connectivity index (χ0) is 10.3. The van der Waals surface area contributed by atoms with Gasteiger partial charge in [0.25, 0.3) is 0 Å². The molecule has 0 unspecified atom stereocenters. The van der Waals surface area contributed by atoms with E-state index in [2.05, 4.69) is 5.32 Å². The van der Waals surface area contributed by atoms with Crippen LogP contribution in [0.2, 0.25) is 0 Å². The number of amides is 1. The Morgan fingerprint density at radius 2 is 1.67 bits per heavy atom. The third-order valence-electron chi connectivity index (χ3n) is 3.88. The molecule has 0 aromatic rings. The highest BCUT2D eigenvalue weighted by Gasteiger charge is 2.27. The summed E-state index contributed by atoms with van der Waals surface area (Å²) in [6.07, 6.45) is 9.20. The number of hydrogen-bond donors (Lipinski definition) is 1. The maximum absolute atomic E-state index is 11.3. The number of hydrogen-bond acceptors (Lipinski definition) is 1. The molecule has 0 fully saturated rings. The van der Waals surface area contributed by atoms with Gasteiger partial charge in [0.05, 0.1) is 0 Å². The molecule has 1 aliphatic heterocycles. The van der Waals surface area contributed by atoms with E-state index >= 15 is 0 Å². The van der Waals surface area contributed by atoms with Crippen molar-refractivity contribution in [3.63, 3.8) is 0 Å². The molecule has 15 heavy (non-hydrogen) atoms. The highest BCUT2D eigenvalue weighted by Crippen LogP contribution is 2.41. The number of carbonyl (C=O) groups is 1. The summed E-state index contributed by atoms with van der Waals surface area (Å²) in [5.41, 5.74) is 6.04. The van der Waals surface area contributed by atoms with Gasteiger partial charge in [-0.2, -0.15) is 0 Å². The Morgan fingerprint density at radius 1 is 0.800 bits per heavy atom. The summed E-state index contributed by atoms with van der Waals surface area (Å²) in [5.74, 6) is 0.216. The molecule has 2 aliphatic carbocycles. The number of carbonyl (C=O) groups excluding carboxylic acids is 1. The van der Waals surface area contributed by atoms with Gasteiger partial charge in [0.1, 0.15) is 0 Å². The Hall–Kier alpha value is -1.05. The van der Waals surface area contributed by atoms with Crippen LogP contribution in [0.1, 0.15) is 51.4 Å². The third kappa shape index (κ3) is 1.52.